The Kier molecular flexibility index (Phi) is 5.14. The summed E-state index contributed by atoms with van der Waals surface area (Å²) >= 11 is 8.77. The van der Waals surface area contributed by atoms with E-state index >= 15 is 0 Å². The average Bonchev–Trinajstić information content (AvgIpc) is 3.18. The molecule has 2 heterocycles. The van der Waals surface area contributed by atoms with Crippen molar-refractivity contribution in [2.24, 2.45) is 0 Å². The Morgan fingerprint density at radius 1 is 1.26 bits per heavy atom. The van der Waals surface area contributed by atoms with Gasteiger partial charge in [0.15, 0.2) is 11.0 Å². The first-order valence-corrected chi connectivity index (χ1v) is 9.04. The van der Waals surface area contributed by atoms with Crippen LogP contribution >= 0.6 is 34.9 Å². The third-order valence-corrected chi connectivity index (χ3v) is 5.19. The van der Waals surface area contributed by atoms with Gasteiger partial charge in [0.05, 0.1) is 12.7 Å². The molecule has 0 aliphatic carbocycles. The van der Waals surface area contributed by atoms with Crippen molar-refractivity contribution in [1.82, 2.24) is 24.4 Å². The number of methoxy groups -OCH3 is 1. The first-order chi connectivity index (χ1) is 11.2. The Bertz CT molecular complexity index is 804. The van der Waals surface area contributed by atoms with E-state index in [9.17, 15) is 0 Å². The van der Waals surface area contributed by atoms with Crippen molar-refractivity contribution in [3.05, 3.63) is 34.3 Å². The maximum Gasteiger partial charge on any atom is 0.191 e. The topological polar surface area (TPSA) is 65.7 Å². The van der Waals surface area contributed by atoms with Gasteiger partial charge in [0.25, 0.3) is 0 Å². The molecule has 0 aliphatic rings. The normalized spacial score (nSPS) is 10.9. The van der Waals surface area contributed by atoms with Crippen LogP contribution in [0.25, 0.3) is 11.4 Å². The number of aromatic nitrogens is 5. The van der Waals surface area contributed by atoms with Crippen molar-refractivity contribution in [2.45, 2.75) is 24.4 Å². The number of halogens is 1. The van der Waals surface area contributed by atoms with E-state index in [4.69, 9.17) is 16.3 Å². The van der Waals surface area contributed by atoms with Crippen LogP contribution in [0.5, 0.6) is 5.75 Å². The molecule has 0 N–H and O–H groups in total. The van der Waals surface area contributed by atoms with Crippen molar-refractivity contribution < 1.29 is 4.74 Å². The molecule has 1 aromatic carbocycles. The van der Waals surface area contributed by atoms with E-state index in [0.717, 1.165) is 34.5 Å². The van der Waals surface area contributed by atoms with Crippen LogP contribution in [0, 0.1) is 0 Å². The highest BCUT2D eigenvalue weighted by atomic mass is 35.5. The van der Waals surface area contributed by atoms with Crippen LogP contribution in [0.1, 0.15) is 12.6 Å². The van der Waals surface area contributed by atoms with E-state index in [2.05, 4.69) is 31.3 Å². The molecule has 0 radical (unpaired) electrons. The molecule has 3 rings (SSSR count). The zero-order valence-electron chi connectivity index (χ0n) is 12.6. The van der Waals surface area contributed by atoms with Crippen LogP contribution in [-0.4, -0.2) is 31.5 Å². The highest BCUT2D eigenvalue weighted by Gasteiger charge is 2.17. The molecule has 0 saturated heterocycles. The first kappa shape index (κ1) is 16.2. The average molecular weight is 368 g/mol. The Labute approximate surface area is 147 Å². The largest absolute Gasteiger partial charge is 0.496 e. The summed E-state index contributed by atoms with van der Waals surface area (Å²) in [6.07, 6.45) is 0. The van der Waals surface area contributed by atoms with Gasteiger partial charge in [-0.3, -0.25) is 0 Å². The molecule has 0 aliphatic heterocycles. The summed E-state index contributed by atoms with van der Waals surface area (Å²) < 4.78 is 11.9. The summed E-state index contributed by atoms with van der Waals surface area (Å²) in [5.41, 5.74) is 1.69. The summed E-state index contributed by atoms with van der Waals surface area (Å²) in [7, 11) is 1.65. The van der Waals surface area contributed by atoms with E-state index < -0.39 is 0 Å². The number of nitrogens with zero attached hydrogens (tertiary/aromatic N) is 5. The van der Waals surface area contributed by atoms with Crippen molar-refractivity contribution in [1.29, 1.82) is 0 Å². The molecule has 23 heavy (non-hydrogen) atoms. The number of benzene rings is 1. The number of ether oxygens (including phenoxy) is 1. The van der Waals surface area contributed by atoms with Crippen molar-refractivity contribution in [3.8, 4) is 17.1 Å². The number of rotatable bonds is 6. The van der Waals surface area contributed by atoms with Crippen LogP contribution in [0.15, 0.2) is 29.4 Å². The first-order valence-electron chi connectivity index (χ1n) is 6.90. The molecule has 3 aromatic rings. The molecule has 0 spiro atoms. The van der Waals surface area contributed by atoms with Crippen LogP contribution in [-0.2, 0) is 12.3 Å². The fourth-order valence-corrected chi connectivity index (χ4v) is 3.86. The summed E-state index contributed by atoms with van der Waals surface area (Å²) in [5, 5.41) is 13.5. The predicted octanol–water partition coefficient (Wildman–Crippen LogP) is 3.77. The third kappa shape index (κ3) is 3.34. The van der Waals surface area contributed by atoms with Crippen molar-refractivity contribution in [3.63, 3.8) is 0 Å². The Hall–Kier alpha value is -1.64. The second-order valence-electron chi connectivity index (χ2n) is 4.53. The number of hydrogen-bond acceptors (Lipinski definition) is 7. The van der Waals surface area contributed by atoms with Gasteiger partial charge in [-0.05, 0) is 19.1 Å². The van der Waals surface area contributed by atoms with Crippen LogP contribution in [0.4, 0.5) is 0 Å². The monoisotopic (exact) mass is 367 g/mol. The van der Waals surface area contributed by atoms with E-state index in [1.807, 2.05) is 24.3 Å². The van der Waals surface area contributed by atoms with Gasteiger partial charge < -0.3 is 9.30 Å². The minimum Gasteiger partial charge on any atom is -0.496 e. The highest BCUT2D eigenvalue weighted by molar-refractivity contribution is 7.98. The molecule has 0 bridgehead atoms. The molecule has 6 nitrogen and oxygen atoms in total. The molecular formula is C14H14ClN5OS2. The number of hydrogen-bond donors (Lipinski definition) is 0. The maximum absolute atomic E-state index is 6.04. The maximum atomic E-state index is 6.04. The predicted molar refractivity (Wildman–Crippen MR) is 92.2 cm³/mol. The van der Waals surface area contributed by atoms with Gasteiger partial charge in [-0.2, -0.15) is 0 Å². The third-order valence-electron chi connectivity index (χ3n) is 3.23. The van der Waals surface area contributed by atoms with Crippen LogP contribution in [0.3, 0.4) is 0 Å². The van der Waals surface area contributed by atoms with E-state index in [-0.39, 0.29) is 0 Å². The molecule has 0 atom stereocenters. The minimum absolute atomic E-state index is 0.611. The second kappa shape index (κ2) is 7.29. The molecular weight excluding hydrogens is 354 g/mol. The SMILES string of the molecule is CCn1c(SCc2nnsc2Cl)nnc1-c1ccccc1OC. The molecule has 0 unspecified atom stereocenters. The lowest BCUT2D eigenvalue weighted by Gasteiger charge is -2.10. The van der Waals surface area contributed by atoms with Crippen molar-refractivity contribution >= 4 is 34.9 Å². The minimum atomic E-state index is 0.611. The standard InChI is InChI=1S/C14H14ClN5OS2/c1-3-20-13(9-6-4-5-7-11(9)21-2)17-18-14(20)22-8-10-12(15)23-19-16-10/h4-7H,3,8H2,1-2H3. The Balaban J connectivity index is 1.89. The number of thioether (sulfide) groups is 1. The van der Waals surface area contributed by atoms with Crippen molar-refractivity contribution in [2.75, 3.05) is 7.11 Å². The van der Waals surface area contributed by atoms with Crippen LogP contribution < -0.4 is 4.74 Å². The molecule has 0 amide bonds. The highest BCUT2D eigenvalue weighted by Crippen LogP contribution is 2.32. The van der Waals surface area contributed by atoms with Gasteiger partial charge in [0.1, 0.15) is 15.8 Å². The van der Waals surface area contributed by atoms with E-state index in [0.29, 0.717) is 10.1 Å². The van der Waals surface area contributed by atoms with Gasteiger partial charge in [-0.1, -0.05) is 40.0 Å². The van der Waals surface area contributed by atoms with Gasteiger partial charge in [0.2, 0.25) is 0 Å². The lowest BCUT2D eigenvalue weighted by molar-refractivity contribution is 0.416. The quantitative estimate of drug-likeness (QED) is 0.618. The van der Waals surface area contributed by atoms with E-state index in [1.54, 1.807) is 18.9 Å². The van der Waals surface area contributed by atoms with Gasteiger partial charge in [0, 0.05) is 23.8 Å². The molecule has 0 fully saturated rings. The van der Waals surface area contributed by atoms with Crippen LogP contribution in [0.2, 0.25) is 4.34 Å². The zero-order valence-corrected chi connectivity index (χ0v) is 15.0. The van der Waals surface area contributed by atoms with Gasteiger partial charge >= 0.3 is 0 Å². The summed E-state index contributed by atoms with van der Waals surface area (Å²) in [6, 6.07) is 7.78. The fraction of sp³-hybridized carbons (Fsp3) is 0.286. The molecule has 0 saturated carbocycles. The van der Waals surface area contributed by atoms with E-state index in [1.165, 1.54) is 11.5 Å². The van der Waals surface area contributed by atoms with Gasteiger partial charge in [-0.15, -0.1) is 15.3 Å². The molecule has 9 heteroatoms. The summed E-state index contributed by atoms with van der Waals surface area (Å²) in [4.78, 5) is 0. The molecule has 2 aromatic heterocycles. The van der Waals surface area contributed by atoms with Gasteiger partial charge in [-0.25, -0.2) is 0 Å². The fourth-order valence-electron chi connectivity index (χ4n) is 2.13. The Morgan fingerprint density at radius 2 is 2.09 bits per heavy atom. The lowest BCUT2D eigenvalue weighted by Crippen LogP contribution is -2.01. The number of para-hydroxylation sites is 1. The second-order valence-corrected chi connectivity index (χ2v) is 6.83. The summed E-state index contributed by atoms with van der Waals surface area (Å²) in [6.45, 7) is 2.81. The molecule has 120 valence electrons. The summed E-state index contributed by atoms with van der Waals surface area (Å²) in [5.74, 6) is 2.17. The lowest BCUT2D eigenvalue weighted by atomic mass is 10.2. The Morgan fingerprint density at radius 3 is 2.78 bits per heavy atom. The smallest absolute Gasteiger partial charge is 0.191 e. The zero-order chi connectivity index (χ0) is 16.2.